The minimum absolute atomic E-state index is 0.0264. The molecule has 1 aliphatic heterocycles. The molecule has 0 saturated carbocycles. The Kier molecular flexibility index (Phi) is 15.4. The molecule has 14 nitrogen and oxygen atoms in total. The first-order valence-corrected chi connectivity index (χ1v) is 19.1. The third kappa shape index (κ3) is 15.6. The van der Waals surface area contributed by atoms with E-state index in [0.717, 1.165) is 5.39 Å². The maximum atomic E-state index is 13.8. The van der Waals surface area contributed by atoms with Gasteiger partial charge in [0.2, 0.25) is 0 Å². The summed E-state index contributed by atoms with van der Waals surface area (Å²) in [6.45, 7) is 21.4. The lowest BCUT2D eigenvalue weighted by Crippen LogP contribution is -2.49. The van der Waals surface area contributed by atoms with E-state index in [1.807, 2.05) is 17.0 Å². The van der Waals surface area contributed by atoms with Gasteiger partial charge in [0.1, 0.15) is 22.4 Å². The predicted molar refractivity (Wildman–Crippen MR) is 212 cm³/mol. The molecule has 2 aromatic carbocycles. The number of carbonyl (C=O) groups is 6. The lowest BCUT2D eigenvalue weighted by Gasteiger charge is -2.33. The zero-order valence-corrected chi connectivity index (χ0v) is 35.4. The van der Waals surface area contributed by atoms with E-state index in [1.54, 1.807) is 117 Å². The lowest BCUT2D eigenvalue weighted by atomic mass is 9.94. The number of benzene rings is 2. The molecule has 1 aliphatic rings. The van der Waals surface area contributed by atoms with Crippen molar-refractivity contribution in [1.29, 1.82) is 0 Å². The van der Waals surface area contributed by atoms with Crippen LogP contribution in [0.3, 0.4) is 0 Å². The van der Waals surface area contributed by atoms with Crippen molar-refractivity contribution in [1.82, 2.24) is 19.6 Å². The average molecular weight is 783 g/mol. The van der Waals surface area contributed by atoms with Crippen molar-refractivity contribution in [2.75, 3.05) is 65.4 Å². The van der Waals surface area contributed by atoms with E-state index >= 15 is 0 Å². The zero-order chi connectivity index (χ0) is 42.2. The van der Waals surface area contributed by atoms with Crippen LogP contribution < -0.4 is 0 Å². The van der Waals surface area contributed by atoms with Gasteiger partial charge in [-0.1, -0.05) is 24.3 Å². The van der Waals surface area contributed by atoms with Gasteiger partial charge in [-0.3, -0.25) is 48.4 Å². The Balaban J connectivity index is 1.90. The van der Waals surface area contributed by atoms with Gasteiger partial charge in [-0.15, -0.1) is 0 Å². The van der Waals surface area contributed by atoms with Crippen LogP contribution in [0.2, 0.25) is 0 Å². The Morgan fingerprint density at radius 3 is 1.09 bits per heavy atom. The van der Waals surface area contributed by atoms with Crippen LogP contribution in [-0.2, 0) is 38.1 Å². The molecule has 2 amide bonds. The van der Waals surface area contributed by atoms with Crippen molar-refractivity contribution in [3.63, 3.8) is 0 Å². The SMILES string of the molecule is CC(C)(C)OC(=O)CN(CCN(CCN(CC(=O)OC(C)(C)C)CC(=O)OC(C)(C)C)CCN1C(=O)c2cccc3cccc(c23)C1=O)CC(=O)OC(C)(C)C. The number of rotatable bonds is 17. The molecule has 14 heteroatoms. The molecule has 0 radical (unpaired) electrons. The molecule has 0 aliphatic carbocycles. The normalized spacial score (nSPS) is 13.8. The largest absolute Gasteiger partial charge is 0.459 e. The number of nitrogens with zero attached hydrogens (tertiary/aromatic N) is 4. The highest BCUT2D eigenvalue weighted by molar-refractivity contribution is 6.25. The molecule has 56 heavy (non-hydrogen) atoms. The molecule has 0 fully saturated rings. The Labute approximate surface area is 331 Å². The van der Waals surface area contributed by atoms with Crippen LogP contribution in [0.4, 0.5) is 0 Å². The van der Waals surface area contributed by atoms with Crippen LogP contribution in [0.5, 0.6) is 0 Å². The van der Waals surface area contributed by atoms with Crippen LogP contribution in [0.25, 0.3) is 10.8 Å². The third-order valence-electron chi connectivity index (χ3n) is 8.05. The Morgan fingerprint density at radius 2 is 0.786 bits per heavy atom. The van der Waals surface area contributed by atoms with E-state index in [9.17, 15) is 28.8 Å². The summed E-state index contributed by atoms with van der Waals surface area (Å²) in [5, 5.41) is 1.42. The van der Waals surface area contributed by atoms with Gasteiger partial charge >= 0.3 is 23.9 Å². The van der Waals surface area contributed by atoms with Crippen molar-refractivity contribution in [3.8, 4) is 0 Å². The van der Waals surface area contributed by atoms with E-state index in [4.69, 9.17) is 18.9 Å². The Hall–Kier alpha value is -4.40. The summed E-state index contributed by atoms with van der Waals surface area (Å²) < 4.78 is 22.2. The highest BCUT2D eigenvalue weighted by Gasteiger charge is 2.33. The summed E-state index contributed by atoms with van der Waals surface area (Å²) in [6.07, 6.45) is 0. The zero-order valence-electron chi connectivity index (χ0n) is 35.4. The lowest BCUT2D eigenvalue weighted by molar-refractivity contribution is -0.162. The molecule has 0 bridgehead atoms. The average Bonchev–Trinajstić information content (AvgIpc) is 3.00. The Morgan fingerprint density at radius 1 is 0.482 bits per heavy atom. The third-order valence-corrected chi connectivity index (χ3v) is 8.05. The van der Waals surface area contributed by atoms with Gasteiger partial charge in [0.05, 0.1) is 26.2 Å². The first-order chi connectivity index (χ1) is 25.7. The minimum Gasteiger partial charge on any atom is -0.459 e. The Bertz CT molecular complexity index is 1570. The fourth-order valence-corrected chi connectivity index (χ4v) is 6.08. The van der Waals surface area contributed by atoms with Gasteiger partial charge in [-0.25, -0.2) is 0 Å². The van der Waals surface area contributed by atoms with Crippen molar-refractivity contribution in [2.24, 2.45) is 0 Å². The number of esters is 4. The summed E-state index contributed by atoms with van der Waals surface area (Å²) in [6, 6.07) is 10.7. The molecule has 0 spiro atoms. The van der Waals surface area contributed by atoms with Crippen molar-refractivity contribution < 1.29 is 47.7 Å². The predicted octanol–water partition coefficient (Wildman–Crippen LogP) is 4.71. The van der Waals surface area contributed by atoms with Crippen LogP contribution in [0.15, 0.2) is 36.4 Å². The van der Waals surface area contributed by atoms with Crippen molar-refractivity contribution in [2.45, 2.75) is 105 Å². The number of hydrogen-bond donors (Lipinski definition) is 0. The van der Waals surface area contributed by atoms with Gasteiger partial charge in [0.25, 0.3) is 11.8 Å². The summed E-state index contributed by atoms with van der Waals surface area (Å²) in [4.78, 5) is 85.9. The highest BCUT2D eigenvalue weighted by atomic mass is 16.6. The summed E-state index contributed by atoms with van der Waals surface area (Å²) in [7, 11) is 0. The first kappa shape index (κ1) is 46.0. The molecular formula is C42H62N4O10. The molecule has 3 rings (SSSR count). The number of amides is 2. The molecule has 310 valence electrons. The minimum atomic E-state index is -0.747. The topological polar surface area (TPSA) is 152 Å². The highest BCUT2D eigenvalue weighted by Crippen LogP contribution is 2.30. The quantitative estimate of drug-likeness (QED) is 0.124. The van der Waals surface area contributed by atoms with Crippen molar-refractivity contribution in [3.05, 3.63) is 47.5 Å². The van der Waals surface area contributed by atoms with Crippen LogP contribution >= 0.6 is 0 Å². The number of imide groups is 1. The molecular weight excluding hydrogens is 720 g/mol. The summed E-state index contributed by atoms with van der Waals surface area (Å²) >= 11 is 0. The van der Waals surface area contributed by atoms with E-state index in [0.29, 0.717) is 16.5 Å². The second-order valence-electron chi connectivity index (χ2n) is 18.1. The molecule has 0 atom stereocenters. The molecule has 0 unspecified atom stereocenters. The number of carbonyl (C=O) groups excluding carboxylic acids is 6. The van der Waals surface area contributed by atoms with E-state index in [2.05, 4.69) is 0 Å². The van der Waals surface area contributed by atoms with Gasteiger partial charge < -0.3 is 18.9 Å². The van der Waals surface area contributed by atoms with E-state index < -0.39 is 58.1 Å². The molecule has 0 saturated heterocycles. The first-order valence-electron chi connectivity index (χ1n) is 19.1. The monoisotopic (exact) mass is 782 g/mol. The fourth-order valence-electron chi connectivity index (χ4n) is 6.08. The fraction of sp³-hybridized carbons (Fsp3) is 0.619. The smallest absolute Gasteiger partial charge is 0.320 e. The molecule has 2 aromatic rings. The van der Waals surface area contributed by atoms with Gasteiger partial charge in [0.15, 0.2) is 0 Å². The molecule has 1 heterocycles. The van der Waals surface area contributed by atoms with Gasteiger partial charge in [0, 0.05) is 55.8 Å². The van der Waals surface area contributed by atoms with E-state index in [-0.39, 0.29) is 65.4 Å². The van der Waals surface area contributed by atoms with E-state index in [1.165, 1.54) is 4.90 Å². The summed E-state index contributed by atoms with van der Waals surface area (Å²) in [5.41, 5.74) is -2.12. The van der Waals surface area contributed by atoms with Crippen LogP contribution in [-0.4, -0.2) is 143 Å². The van der Waals surface area contributed by atoms with Gasteiger partial charge in [-0.05, 0) is 101 Å². The van der Waals surface area contributed by atoms with Crippen molar-refractivity contribution >= 4 is 46.5 Å². The standard InChI is InChI=1S/C42H62N4O10/c1-39(2,3)53-32(47)25-44(26-33(48)54-40(4,5)6)21-19-43(20-22-45(27-34(49)55-41(7,8)9)28-35(50)56-42(10,11)12)23-24-46-37(51)30-17-13-15-29-16-14-18-31(36(29)30)38(46)52/h13-18H,19-28H2,1-12H3. The maximum absolute atomic E-state index is 13.8. The summed E-state index contributed by atoms with van der Waals surface area (Å²) in [5.74, 6) is -2.91. The number of hydrogen-bond acceptors (Lipinski definition) is 13. The molecule has 0 aromatic heterocycles. The number of ether oxygens (including phenoxy) is 4. The van der Waals surface area contributed by atoms with Crippen LogP contribution in [0.1, 0.15) is 104 Å². The second kappa shape index (κ2) is 18.7. The van der Waals surface area contributed by atoms with Gasteiger partial charge in [-0.2, -0.15) is 0 Å². The van der Waals surface area contributed by atoms with Crippen LogP contribution in [0, 0.1) is 0 Å². The maximum Gasteiger partial charge on any atom is 0.320 e. The molecule has 0 N–H and O–H groups in total. The second-order valence-corrected chi connectivity index (χ2v) is 18.1.